The molecular weight excluding hydrogens is 416 g/mol. The fourth-order valence-electron chi connectivity index (χ4n) is 3.00. The molecule has 0 spiro atoms. The molecule has 0 aliphatic heterocycles. The van der Waals surface area contributed by atoms with E-state index in [-0.39, 0.29) is 10.9 Å². The molecule has 0 saturated carbocycles. The standard InChI is InChI=1S/C22H28N4O4S/c1-4-5-14-29-19-10-6-18(7-11-19)22-25-24-21(30-22)15-26(3)16(2)17-8-12-20(13-9-17)31(23,27)28/h6-13,16H,4-5,14-15H2,1-3H3,(H2,23,27,28). The molecule has 2 N–H and O–H groups in total. The number of unbranched alkanes of at least 4 members (excludes halogenated alkanes) is 1. The number of ether oxygens (including phenoxy) is 1. The smallest absolute Gasteiger partial charge is 0.247 e. The van der Waals surface area contributed by atoms with Gasteiger partial charge in [-0.2, -0.15) is 0 Å². The average molecular weight is 445 g/mol. The molecular formula is C22H28N4O4S. The molecule has 0 radical (unpaired) electrons. The van der Waals surface area contributed by atoms with E-state index < -0.39 is 10.0 Å². The van der Waals surface area contributed by atoms with Gasteiger partial charge in [0.15, 0.2) is 0 Å². The van der Waals surface area contributed by atoms with E-state index in [1.165, 1.54) is 12.1 Å². The summed E-state index contributed by atoms with van der Waals surface area (Å²) in [6.07, 6.45) is 2.12. The number of hydrogen-bond donors (Lipinski definition) is 1. The van der Waals surface area contributed by atoms with Gasteiger partial charge in [-0.15, -0.1) is 10.2 Å². The summed E-state index contributed by atoms with van der Waals surface area (Å²) < 4.78 is 34.3. The molecule has 31 heavy (non-hydrogen) atoms. The second kappa shape index (κ2) is 10.0. The second-order valence-electron chi connectivity index (χ2n) is 7.43. The van der Waals surface area contributed by atoms with E-state index in [1.807, 2.05) is 43.1 Å². The largest absolute Gasteiger partial charge is 0.494 e. The van der Waals surface area contributed by atoms with Crippen LogP contribution in [0.2, 0.25) is 0 Å². The molecule has 166 valence electrons. The van der Waals surface area contributed by atoms with Gasteiger partial charge in [0.1, 0.15) is 5.75 Å². The Morgan fingerprint density at radius 1 is 1.10 bits per heavy atom. The number of rotatable bonds is 10. The molecule has 0 aliphatic carbocycles. The van der Waals surface area contributed by atoms with Crippen LogP contribution in [0.1, 0.15) is 44.2 Å². The first-order valence-corrected chi connectivity index (χ1v) is 11.7. The summed E-state index contributed by atoms with van der Waals surface area (Å²) in [5.41, 5.74) is 1.78. The maximum absolute atomic E-state index is 11.4. The SMILES string of the molecule is CCCCOc1ccc(-c2nnc(CN(C)C(C)c3ccc(S(N)(=O)=O)cc3)o2)cc1. The van der Waals surface area contributed by atoms with Crippen LogP contribution in [-0.2, 0) is 16.6 Å². The van der Waals surface area contributed by atoms with E-state index in [0.717, 1.165) is 29.7 Å². The van der Waals surface area contributed by atoms with Gasteiger partial charge in [-0.3, -0.25) is 4.90 Å². The van der Waals surface area contributed by atoms with Crippen LogP contribution in [0, 0.1) is 0 Å². The van der Waals surface area contributed by atoms with E-state index in [0.29, 0.717) is 24.9 Å². The van der Waals surface area contributed by atoms with Gasteiger partial charge < -0.3 is 9.15 Å². The van der Waals surface area contributed by atoms with Crippen LogP contribution in [0.5, 0.6) is 5.75 Å². The summed E-state index contributed by atoms with van der Waals surface area (Å²) >= 11 is 0. The number of nitrogens with two attached hydrogens (primary N) is 1. The number of nitrogens with zero attached hydrogens (tertiary/aromatic N) is 3. The minimum Gasteiger partial charge on any atom is -0.494 e. The highest BCUT2D eigenvalue weighted by Crippen LogP contribution is 2.24. The number of benzene rings is 2. The maximum Gasteiger partial charge on any atom is 0.247 e. The highest BCUT2D eigenvalue weighted by Gasteiger charge is 2.17. The Kier molecular flexibility index (Phi) is 7.42. The van der Waals surface area contributed by atoms with Gasteiger partial charge in [0.25, 0.3) is 0 Å². The van der Waals surface area contributed by atoms with Crippen LogP contribution < -0.4 is 9.88 Å². The van der Waals surface area contributed by atoms with E-state index in [4.69, 9.17) is 14.3 Å². The molecule has 0 bridgehead atoms. The lowest BCUT2D eigenvalue weighted by atomic mass is 10.1. The van der Waals surface area contributed by atoms with E-state index >= 15 is 0 Å². The van der Waals surface area contributed by atoms with Crippen LogP contribution in [0.4, 0.5) is 0 Å². The Morgan fingerprint density at radius 2 is 1.77 bits per heavy atom. The predicted octanol–water partition coefficient (Wildman–Crippen LogP) is 3.76. The first-order valence-electron chi connectivity index (χ1n) is 10.2. The molecule has 1 atom stereocenters. The fourth-order valence-corrected chi connectivity index (χ4v) is 3.52. The van der Waals surface area contributed by atoms with Crippen LogP contribution in [0.25, 0.3) is 11.5 Å². The minimum absolute atomic E-state index is 0.00410. The fraction of sp³-hybridized carbons (Fsp3) is 0.364. The second-order valence-corrected chi connectivity index (χ2v) is 8.99. The first kappa shape index (κ1) is 22.9. The lowest BCUT2D eigenvalue weighted by Gasteiger charge is -2.23. The summed E-state index contributed by atoms with van der Waals surface area (Å²) in [5.74, 6) is 1.77. The van der Waals surface area contributed by atoms with Gasteiger partial charge in [-0.05, 0) is 62.4 Å². The average Bonchev–Trinajstić information content (AvgIpc) is 3.22. The van der Waals surface area contributed by atoms with Gasteiger partial charge in [-0.1, -0.05) is 25.5 Å². The molecule has 3 rings (SSSR count). The summed E-state index contributed by atoms with van der Waals surface area (Å²) in [6.45, 7) is 5.29. The normalized spacial score (nSPS) is 12.8. The Hall–Kier alpha value is -2.75. The summed E-state index contributed by atoms with van der Waals surface area (Å²) in [5, 5.41) is 13.5. The highest BCUT2D eigenvalue weighted by molar-refractivity contribution is 7.89. The Labute approximate surface area is 183 Å². The van der Waals surface area contributed by atoms with Crippen molar-refractivity contribution in [3.8, 4) is 17.2 Å². The maximum atomic E-state index is 11.4. The topological polar surface area (TPSA) is 112 Å². The first-order chi connectivity index (χ1) is 14.8. The third-order valence-corrected chi connectivity index (χ3v) is 6.00. The van der Waals surface area contributed by atoms with Crippen molar-refractivity contribution in [2.45, 2.75) is 44.2 Å². The Balaban J connectivity index is 1.62. The van der Waals surface area contributed by atoms with E-state index in [2.05, 4.69) is 17.1 Å². The summed E-state index contributed by atoms with van der Waals surface area (Å²) in [4.78, 5) is 2.13. The van der Waals surface area contributed by atoms with Gasteiger partial charge in [0, 0.05) is 11.6 Å². The van der Waals surface area contributed by atoms with Crippen molar-refractivity contribution in [2.75, 3.05) is 13.7 Å². The minimum atomic E-state index is -3.70. The van der Waals surface area contributed by atoms with Crippen molar-refractivity contribution in [2.24, 2.45) is 5.14 Å². The quantitative estimate of drug-likeness (QED) is 0.474. The van der Waals surface area contributed by atoms with E-state index in [9.17, 15) is 8.42 Å². The monoisotopic (exact) mass is 444 g/mol. The molecule has 3 aromatic rings. The van der Waals surface area contributed by atoms with E-state index in [1.54, 1.807) is 12.1 Å². The van der Waals surface area contributed by atoms with Crippen molar-refractivity contribution in [1.82, 2.24) is 15.1 Å². The van der Waals surface area contributed by atoms with Crippen molar-refractivity contribution >= 4 is 10.0 Å². The van der Waals surface area contributed by atoms with Crippen LogP contribution >= 0.6 is 0 Å². The zero-order valence-electron chi connectivity index (χ0n) is 18.0. The molecule has 2 aromatic carbocycles. The van der Waals surface area contributed by atoms with Crippen LogP contribution in [-0.4, -0.2) is 37.2 Å². The lowest BCUT2D eigenvalue weighted by molar-refractivity contribution is 0.228. The summed E-state index contributed by atoms with van der Waals surface area (Å²) in [6, 6.07) is 14.1. The molecule has 0 amide bonds. The summed E-state index contributed by atoms with van der Waals surface area (Å²) in [7, 11) is -1.77. The van der Waals surface area contributed by atoms with Gasteiger partial charge in [-0.25, -0.2) is 13.6 Å². The van der Waals surface area contributed by atoms with Crippen LogP contribution in [0.3, 0.4) is 0 Å². The van der Waals surface area contributed by atoms with Gasteiger partial charge in [0.2, 0.25) is 21.8 Å². The number of hydrogen-bond acceptors (Lipinski definition) is 7. The Bertz CT molecular complexity index is 1080. The highest BCUT2D eigenvalue weighted by atomic mass is 32.2. The van der Waals surface area contributed by atoms with Crippen molar-refractivity contribution < 1.29 is 17.6 Å². The van der Waals surface area contributed by atoms with Crippen molar-refractivity contribution in [3.05, 3.63) is 60.0 Å². The zero-order valence-corrected chi connectivity index (χ0v) is 18.8. The molecule has 0 saturated heterocycles. The van der Waals surface area contributed by atoms with Crippen LogP contribution in [0.15, 0.2) is 57.8 Å². The molecule has 9 heteroatoms. The van der Waals surface area contributed by atoms with Crippen molar-refractivity contribution in [1.29, 1.82) is 0 Å². The van der Waals surface area contributed by atoms with Gasteiger partial charge in [0.05, 0.1) is 18.0 Å². The number of primary sulfonamides is 1. The number of aromatic nitrogens is 2. The zero-order chi connectivity index (χ0) is 22.4. The molecule has 1 aromatic heterocycles. The molecule has 0 aliphatic rings. The van der Waals surface area contributed by atoms with Crippen molar-refractivity contribution in [3.63, 3.8) is 0 Å². The molecule has 8 nitrogen and oxygen atoms in total. The predicted molar refractivity (Wildman–Crippen MR) is 118 cm³/mol. The third-order valence-electron chi connectivity index (χ3n) is 5.07. The lowest BCUT2D eigenvalue weighted by Crippen LogP contribution is -2.22. The Morgan fingerprint density at radius 3 is 2.39 bits per heavy atom. The van der Waals surface area contributed by atoms with Gasteiger partial charge >= 0.3 is 0 Å². The molecule has 1 heterocycles. The molecule has 0 fully saturated rings. The molecule has 1 unspecified atom stereocenters. The number of sulfonamides is 1. The third kappa shape index (κ3) is 6.13.